The van der Waals surface area contributed by atoms with Crippen LogP contribution in [0.1, 0.15) is 33.1 Å². The molecule has 1 heterocycles. The van der Waals surface area contributed by atoms with E-state index in [1.807, 2.05) is 19.1 Å². The molecule has 2 atom stereocenters. The Bertz CT molecular complexity index is 495. The summed E-state index contributed by atoms with van der Waals surface area (Å²) in [5.41, 5.74) is 4.94. The summed E-state index contributed by atoms with van der Waals surface area (Å²) in [6.45, 7) is 4.00. The maximum Gasteiger partial charge on any atom is 0.237 e. The third kappa shape index (κ3) is 4.20. The van der Waals surface area contributed by atoms with Crippen molar-refractivity contribution in [2.24, 2.45) is 5.73 Å². The molecule has 2 unspecified atom stereocenters. The van der Waals surface area contributed by atoms with Gasteiger partial charge >= 0.3 is 0 Å². The Labute approximate surface area is 132 Å². The van der Waals surface area contributed by atoms with Gasteiger partial charge in [-0.25, -0.2) is 4.98 Å². The van der Waals surface area contributed by atoms with E-state index in [0.717, 1.165) is 22.3 Å². The molecule has 20 heavy (non-hydrogen) atoms. The molecule has 110 valence electrons. The first-order valence-electron chi connectivity index (χ1n) is 6.75. The lowest BCUT2D eigenvalue weighted by Gasteiger charge is -2.30. The summed E-state index contributed by atoms with van der Waals surface area (Å²) in [5, 5.41) is 4.56. The monoisotopic (exact) mass is 357 g/mol. The molecular weight excluding hydrogens is 338 g/mol. The minimum Gasteiger partial charge on any atom is -0.368 e. The fraction of sp³-hybridized carbons (Fsp3) is 0.571. The number of nitrogens with two attached hydrogens (primary N) is 1. The highest BCUT2D eigenvalue weighted by molar-refractivity contribution is 9.10. The molecule has 1 saturated carbocycles. The fourth-order valence-electron chi connectivity index (χ4n) is 2.17. The SMILES string of the molecule is CC(CC(C)(NC1CC1)C(N)=O)Sc1ncccc1Br. The number of carbonyl (C=O) groups excluding carboxylic acids is 1. The largest absolute Gasteiger partial charge is 0.368 e. The van der Waals surface area contributed by atoms with Crippen LogP contribution in [-0.4, -0.2) is 27.7 Å². The molecule has 2 rings (SSSR count). The van der Waals surface area contributed by atoms with Crippen molar-refractivity contribution >= 4 is 33.6 Å². The first kappa shape index (κ1) is 15.8. The van der Waals surface area contributed by atoms with Gasteiger partial charge in [0, 0.05) is 22.0 Å². The van der Waals surface area contributed by atoms with Crippen molar-refractivity contribution in [3.63, 3.8) is 0 Å². The van der Waals surface area contributed by atoms with E-state index in [9.17, 15) is 4.79 Å². The molecule has 1 aliphatic rings. The third-order valence-electron chi connectivity index (χ3n) is 3.38. The molecule has 0 radical (unpaired) electrons. The summed E-state index contributed by atoms with van der Waals surface area (Å²) in [6, 6.07) is 4.31. The van der Waals surface area contributed by atoms with Crippen molar-refractivity contribution in [1.82, 2.24) is 10.3 Å². The van der Waals surface area contributed by atoms with Crippen molar-refractivity contribution in [1.29, 1.82) is 0 Å². The Kier molecular flexibility index (Phi) is 5.09. The molecule has 0 bridgehead atoms. The second-order valence-corrected chi connectivity index (χ2v) is 7.82. The lowest BCUT2D eigenvalue weighted by atomic mass is 9.95. The van der Waals surface area contributed by atoms with Gasteiger partial charge in [0.25, 0.3) is 0 Å². The van der Waals surface area contributed by atoms with Gasteiger partial charge in [0.1, 0.15) is 5.03 Å². The normalized spacial score (nSPS) is 19.4. The number of aromatic nitrogens is 1. The molecular formula is C14H20BrN3OS. The number of carbonyl (C=O) groups is 1. The Morgan fingerprint density at radius 1 is 1.70 bits per heavy atom. The fourth-order valence-corrected chi connectivity index (χ4v) is 3.81. The molecule has 1 aromatic heterocycles. The van der Waals surface area contributed by atoms with Crippen LogP contribution in [0.5, 0.6) is 0 Å². The summed E-state index contributed by atoms with van der Waals surface area (Å²) in [6.07, 6.45) is 4.73. The number of rotatable bonds is 7. The van der Waals surface area contributed by atoms with Gasteiger partial charge in [-0.3, -0.25) is 4.79 Å². The minimum absolute atomic E-state index is 0.241. The lowest BCUT2D eigenvalue weighted by Crippen LogP contribution is -2.55. The van der Waals surface area contributed by atoms with Crippen molar-refractivity contribution in [2.45, 2.75) is 55.0 Å². The molecule has 1 amide bonds. The number of nitrogens with zero attached hydrogens (tertiary/aromatic N) is 1. The van der Waals surface area contributed by atoms with Crippen LogP contribution < -0.4 is 11.1 Å². The maximum atomic E-state index is 11.8. The van der Waals surface area contributed by atoms with E-state index in [1.54, 1.807) is 18.0 Å². The van der Waals surface area contributed by atoms with E-state index in [-0.39, 0.29) is 11.2 Å². The Morgan fingerprint density at radius 2 is 2.40 bits per heavy atom. The van der Waals surface area contributed by atoms with Crippen LogP contribution in [-0.2, 0) is 4.79 Å². The van der Waals surface area contributed by atoms with E-state index in [1.165, 1.54) is 0 Å². The standard InChI is InChI=1S/C14H20BrN3OS/c1-9(20-12-11(15)4-3-7-17-12)8-14(2,13(16)19)18-10-5-6-10/h3-4,7,9-10,18H,5-6,8H2,1-2H3,(H2,16,19). The molecule has 3 N–H and O–H groups in total. The topological polar surface area (TPSA) is 68.0 Å². The van der Waals surface area contributed by atoms with Gasteiger partial charge in [-0.15, -0.1) is 11.8 Å². The van der Waals surface area contributed by atoms with Crippen LogP contribution in [0.2, 0.25) is 0 Å². The molecule has 0 saturated heterocycles. The average Bonchev–Trinajstić information content (AvgIpc) is 3.15. The summed E-state index contributed by atoms with van der Waals surface area (Å²) >= 11 is 5.15. The highest BCUT2D eigenvalue weighted by Crippen LogP contribution is 2.33. The van der Waals surface area contributed by atoms with Crippen molar-refractivity contribution in [2.75, 3.05) is 0 Å². The van der Waals surface area contributed by atoms with Gasteiger partial charge in [-0.1, -0.05) is 6.92 Å². The Morgan fingerprint density at radius 3 is 2.95 bits per heavy atom. The van der Waals surface area contributed by atoms with E-state index in [2.05, 4.69) is 33.2 Å². The Balaban J connectivity index is 1.99. The van der Waals surface area contributed by atoms with Crippen molar-refractivity contribution in [3.8, 4) is 0 Å². The summed E-state index contributed by atoms with van der Waals surface area (Å²) in [4.78, 5) is 16.1. The molecule has 6 heteroatoms. The molecule has 1 fully saturated rings. The van der Waals surface area contributed by atoms with Crippen molar-refractivity contribution in [3.05, 3.63) is 22.8 Å². The number of hydrogen-bond donors (Lipinski definition) is 2. The quantitative estimate of drug-likeness (QED) is 0.736. The zero-order chi connectivity index (χ0) is 14.8. The van der Waals surface area contributed by atoms with E-state index in [0.29, 0.717) is 12.5 Å². The van der Waals surface area contributed by atoms with E-state index >= 15 is 0 Å². The van der Waals surface area contributed by atoms with Gasteiger partial charge in [-0.05, 0) is 54.2 Å². The van der Waals surface area contributed by atoms with E-state index in [4.69, 9.17) is 5.73 Å². The van der Waals surface area contributed by atoms with Crippen LogP contribution >= 0.6 is 27.7 Å². The molecule has 1 aliphatic carbocycles. The van der Waals surface area contributed by atoms with Crippen LogP contribution in [0, 0.1) is 0 Å². The number of hydrogen-bond acceptors (Lipinski definition) is 4. The Hall–Kier alpha value is -0.590. The number of pyridine rings is 1. The molecule has 4 nitrogen and oxygen atoms in total. The number of primary amides is 1. The lowest BCUT2D eigenvalue weighted by molar-refractivity contribution is -0.124. The average molecular weight is 358 g/mol. The number of halogens is 1. The first-order valence-corrected chi connectivity index (χ1v) is 8.43. The molecule has 0 aliphatic heterocycles. The zero-order valence-electron chi connectivity index (χ0n) is 11.7. The summed E-state index contributed by atoms with van der Waals surface area (Å²) in [7, 11) is 0. The minimum atomic E-state index is -0.644. The second kappa shape index (κ2) is 6.45. The number of nitrogens with one attached hydrogen (secondary N) is 1. The third-order valence-corrected chi connectivity index (χ3v) is 5.40. The highest BCUT2D eigenvalue weighted by atomic mass is 79.9. The van der Waals surface area contributed by atoms with Gasteiger partial charge in [0.05, 0.1) is 5.54 Å². The van der Waals surface area contributed by atoms with Crippen LogP contribution in [0.25, 0.3) is 0 Å². The van der Waals surface area contributed by atoms with Crippen LogP contribution in [0.15, 0.2) is 27.8 Å². The smallest absolute Gasteiger partial charge is 0.237 e. The van der Waals surface area contributed by atoms with Gasteiger partial charge in [0.2, 0.25) is 5.91 Å². The van der Waals surface area contributed by atoms with Crippen LogP contribution in [0.3, 0.4) is 0 Å². The molecule has 0 aromatic carbocycles. The van der Waals surface area contributed by atoms with E-state index < -0.39 is 5.54 Å². The van der Waals surface area contributed by atoms with Gasteiger partial charge in [-0.2, -0.15) is 0 Å². The predicted molar refractivity (Wildman–Crippen MR) is 85.6 cm³/mol. The van der Waals surface area contributed by atoms with Gasteiger partial charge < -0.3 is 11.1 Å². The second-order valence-electron chi connectivity index (χ2n) is 5.54. The molecule has 0 spiro atoms. The maximum absolute atomic E-state index is 11.8. The zero-order valence-corrected chi connectivity index (χ0v) is 14.1. The van der Waals surface area contributed by atoms with Crippen LogP contribution in [0.4, 0.5) is 0 Å². The van der Waals surface area contributed by atoms with Gasteiger partial charge in [0.15, 0.2) is 0 Å². The highest BCUT2D eigenvalue weighted by Gasteiger charge is 2.38. The number of thioether (sulfide) groups is 1. The molecule has 1 aromatic rings. The number of amides is 1. The predicted octanol–water partition coefficient (Wildman–Crippen LogP) is 2.71. The summed E-state index contributed by atoms with van der Waals surface area (Å²) in [5.74, 6) is -0.281. The van der Waals surface area contributed by atoms with Crippen molar-refractivity contribution < 1.29 is 4.79 Å². The first-order chi connectivity index (χ1) is 9.40. The summed E-state index contributed by atoms with van der Waals surface area (Å²) < 4.78 is 0.979.